The van der Waals surface area contributed by atoms with Crippen molar-refractivity contribution >= 4 is 0 Å². The number of rotatable bonds is 10. The van der Waals surface area contributed by atoms with E-state index in [2.05, 4.69) is 255 Å². The lowest BCUT2D eigenvalue weighted by molar-refractivity contribution is 0.483. The molecule has 0 radical (unpaired) electrons. The van der Waals surface area contributed by atoms with Gasteiger partial charge in [0.25, 0.3) is 0 Å². The van der Waals surface area contributed by atoms with Gasteiger partial charge < -0.3 is 4.74 Å². The molecule has 0 aliphatic carbocycles. The lowest BCUT2D eigenvalue weighted by atomic mass is 9.83. The Balaban J connectivity index is 1.05. The van der Waals surface area contributed by atoms with Crippen LogP contribution in [0.2, 0.25) is 0 Å². The number of ether oxygens (including phenoxy) is 1. The van der Waals surface area contributed by atoms with Gasteiger partial charge in [0.2, 0.25) is 0 Å². The molecule has 0 amide bonds. The van der Waals surface area contributed by atoms with Crippen molar-refractivity contribution in [3.05, 3.63) is 255 Å². The van der Waals surface area contributed by atoms with E-state index in [0.29, 0.717) is 0 Å². The van der Waals surface area contributed by atoms with Crippen molar-refractivity contribution < 1.29 is 4.74 Å². The van der Waals surface area contributed by atoms with Gasteiger partial charge in [-0.25, -0.2) is 0 Å². The van der Waals surface area contributed by atoms with E-state index in [4.69, 9.17) is 4.74 Å². The smallest absolute Gasteiger partial charge is 0.127 e. The largest absolute Gasteiger partial charge is 0.457 e. The van der Waals surface area contributed by atoms with Gasteiger partial charge in [-0.05, 0) is 113 Å². The molecular formula is C60H42O. The predicted octanol–water partition coefficient (Wildman–Crippen LogP) is 16.8. The summed E-state index contributed by atoms with van der Waals surface area (Å²) in [5, 5.41) is 0. The van der Waals surface area contributed by atoms with Crippen molar-refractivity contribution in [1.29, 1.82) is 0 Å². The topological polar surface area (TPSA) is 9.23 Å². The molecular weight excluding hydrogens is 737 g/mol. The second-order valence-corrected chi connectivity index (χ2v) is 15.2. The molecule has 0 saturated heterocycles. The second kappa shape index (κ2) is 17.1. The van der Waals surface area contributed by atoms with Gasteiger partial charge in [0.05, 0.1) is 0 Å². The van der Waals surface area contributed by atoms with E-state index in [1.165, 1.54) is 77.9 Å². The molecule has 0 fully saturated rings. The van der Waals surface area contributed by atoms with Crippen molar-refractivity contribution in [2.24, 2.45) is 0 Å². The maximum atomic E-state index is 6.61. The number of hydrogen-bond donors (Lipinski definition) is 0. The fourth-order valence-corrected chi connectivity index (χ4v) is 8.56. The van der Waals surface area contributed by atoms with Crippen molar-refractivity contribution in [3.63, 3.8) is 0 Å². The highest BCUT2D eigenvalue weighted by Crippen LogP contribution is 2.48. The molecule has 10 rings (SSSR count). The van der Waals surface area contributed by atoms with Crippen LogP contribution in [0.1, 0.15) is 0 Å². The Morgan fingerprint density at radius 2 is 0.361 bits per heavy atom. The van der Waals surface area contributed by atoms with Gasteiger partial charge in [-0.3, -0.25) is 0 Å². The minimum absolute atomic E-state index is 0.777. The summed E-state index contributed by atoms with van der Waals surface area (Å²) in [6.45, 7) is 0. The fourth-order valence-electron chi connectivity index (χ4n) is 8.56. The van der Waals surface area contributed by atoms with Gasteiger partial charge in [0.15, 0.2) is 0 Å². The molecule has 0 unspecified atom stereocenters. The first-order valence-electron chi connectivity index (χ1n) is 20.8. The van der Waals surface area contributed by atoms with Crippen LogP contribution < -0.4 is 4.74 Å². The SMILES string of the molecule is c1ccc(-c2ccc(-c3ccccc3)c(-c3ccc(Oc4ccc(-c5c(-c6ccccc6)ccc(-c6ccccc6)c5-c5ccccc5)cc4)cc3)c2-c2ccccc2)cc1. The van der Waals surface area contributed by atoms with Crippen LogP contribution in [0, 0.1) is 0 Å². The summed E-state index contributed by atoms with van der Waals surface area (Å²) in [6.07, 6.45) is 0. The molecule has 10 aromatic rings. The number of benzene rings is 10. The average molecular weight is 779 g/mol. The van der Waals surface area contributed by atoms with Crippen molar-refractivity contribution in [1.82, 2.24) is 0 Å². The third-order valence-electron chi connectivity index (χ3n) is 11.4. The number of hydrogen-bond acceptors (Lipinski definition) is 1. The molecule has 288 valence electrons. The Morgan fingerprint density at radius 3 is 0.590 bits per heavy atom. The third-order valence-corrected chi connectivity index (χ3v) is 11.4. The summed E-state index contributed by atoms with van der Waals surface area (Å²) < 4.78 is 6.61. The average Bonchev–Trinajstić information content (AvgIpc) is 3.35. The highest BCUT2D eigenvalue weighted by atomic mass is 16.5. The van der Waals surface area contributed by atoms with E-state index in [0.717, 1.165) is 22.6 Å². The van der Waals surface area contributed by atoms with E-state index in [1.807, 2.05) is 0 Å². The van der Waals surface area contributed by atoms with Gasteiger partial charge >= 0.3 is 0 Å². The van der Waals surface area contributed by atoms with Crippen LogP contribution in [0.15, 0.2) is 255 Å². The summed E-state index contributed by atoms with van der Waals surface area (Å²) >= 11 is 0. The quantitative estimate of drug-likeness (QED) is 0.134. The first-order valence-corrected chi connectivity index (χ1v) is 20.8. The zero-order chi connectivity index (χ0) is 40.8. The molecule has 0 saturated carbocycles. The van der Waals surface area contributed by atoms with E-state index >= 15 is 0 Å². The summed E-state index contributed by atoms with van der Waals surface area (Å²) in [4.78, 5) is 0. The van der Waals surface area contributed by atoms with Crippen LogP contribution in [-0.2, 0) is 0 Å². The Kier molecular flexibility index (Phi) is 10.4. The van der Waals surface area contributed by atoms with Crippen LogP contribution in [0.5, 0.6) is 11.5 Å². The van der Waals surface area contributed by atoms with Gasteiger partial charge in [-0.1, -0.05) is 231 Å². The molecule has 10 aromatic carbocycles. The fraction of sp³-hybridized carbons (Fsp3) is 0. The molecule has 1 nitrogen and oxygen atoms in total. The Morgan fingerprint density at radius 1 is 0.164 bits per heavy atom. The highest BCUT2D eigenvalue weighted by molar-refractivity contribution is 6.03. The van der Waals surface area contributed by atoms with Crippen molar-refractivity contribution in [2.75, 3.05) is 0 Å². The van der Waals surface area contributed by atoms with Crippen LogP contribution in [-0.4, -0.2) is 0 Å². The van der Waals surface area contributed by atoms with Crippen LogP contribution in [0.3, 0.4) is 0 Å². The first kappa shape index (κ1) is 37.3. The maximum Gasteiger partial charge on any atom is 0.127 e. The minimum Gasteiger partial charge on any atom is -0.457 e. The molecule has 0 heterocycles. The molecule has 0 bridgehead atoms. The molecule has 0 aromatic heterocycles. The lowest BCUT2D eigenvalue weighted by Gasteiger charge is -2.21. The van der Waals surface area contributed by atoms with Crippen molar-refractivity contribution in [2.45, 2.75) is 0 Å². The van der Waals surface area contributed by atoms with Crippen LogP contribution in [0.25, 0.3) is 89.0 Å². The summed E-state index contributed by atoms with van der Waals surface area (Å²) in [5.41, 5.74) is 18.9. The zero-order valence-electron chi connectivity index (χ0n) is 33.7. The van der Waals surface area contributed by atoms with Gasteiger partial charge in [0.1, 0.15) is 11.5 Å². The van der Waals surface area contributed by atoms with E-state index in [1.54, 1.807) is 0 Å². The summed E-state index contributed by atoms with van der Waals surface area (Å²) in [5.74, 6) is 1.55. The van der Waals surface area contributed by atoms with Crippen molar-refractivity contribution in [3.8, 4) is 101 Å². The standard InChI is InChI=1S/C60H42O/c1-7-19-43(20-8-1)53-39-41-55(45-23-11-3-12-24-45)59(57(53)47-27-15-5-16-28-47)49-31-35-51(36-32-49)61-52-37-33-50(34-38-52)60-56(46-25-13-4-14-26-46)42-40-54(44-21-9-2-10-22-44)58(60)48-29-17-6-18-30-48/h1-42H. The predicted molar refractivity (Wildman–Crippen MR) is 256 cm³/mol. The van der Waals surface area contributed by atoms with Crippen LogP contribution in [0.4, 0.5) is 0 Å². The summed E-state index contributed by atoms with van der Waals surface area (Å²) in [6, 6.07) is 90.5. The van der Waals surface area contributed by atoms with Gasteiger partial charge in [-0.15, -0.1) is 0 Å². The van der Waals surface area contributed by atoms with Gasteiger partial charge in [-0.2, -0.15) is 0 Å². The van der Waals surface area contributed by atoms with Gasteiger partial charge in [0, 0.05) is 0 Å². The highest BCUT2D eigenvalue weighted by Gasteiger charge is 2.21. The molecule has 0 aliphatic rings. The Bertz CT molecular complexity index is 2800. The molecule has 1 heteroatoms. The molecule has 0 atom stereocenters. The molecule has 0 N–H and O–H groups in total. The normalized spacial score (nSPS) is 11.0. The molecule has 0 spiro atoms. The minimum atomic E-state index is 0.777. The maximum absolute atomic E-state index is 6.61. The van der Waals surface area contributed by atoms with E-state index in [9.17, 15) is 0 Å². The molecule has 61 heavy (non-hydrogen) atoms. The lowest BCUT2D eigenvalue weighted by Crippen LogP contribution is -1.95. The Labute approximate surface area is 358 Å². The van der Waals surface area contributed by atoms with E-state index < -0.39 is 0 Å². The zero-order valence-corrected chi connectivity index (χ0v) is 33.7. The van der Waals surface area contributed by atoms with E-state index in [-0.39, 0.29) is 0 Å². The first-order chi connectivity index (χ1) is 30.3. The second-order valence-electron chi connectivity index (χ2n) is 15.2. The monoisotopic (exact) mass is 778 g/mol. The van der Waals surface area contributed by atoms with Crippen LogP contribution >= 0.6 is 0 Å². The third kappa shape index (κ3) is 7.69. The molecule has 0 aliphatic heterocycles. The Hall–Kier alpha value is -8.00. The summed E-state index contributed by atoms with van der Waals surface area (Å²) in [7, 11) is 0.